The SMILES string of the molecule is CCOc1ccccc1C(=O)N1CCCCO1. The van der Waals surface area contributed by atoms with Gasteiger partial charge in [-0.15, -0.1) is 0 Å². The van der Waals surface area contributed by atoms with Crippen molar-refractivity contribution in [2.75, 3.05) is 19.8 Å². The van der Waals surface area contributed by atoms with E-state index in [1.54, 1.807) is 12.1 Å². The first-order chi connectivity index (χ1) is 8.33. The highest BCUT2D eigenvalue weighted by Gasteiger charge is 2.22. The third-order valence-corrected chi connectivity index (χ3v) is 2.65. The first-order valence-corrected chi connectivity index (χ1v) is 5.99. The molecule has 0 radical (unpaired) electrons. The largest absolute Gasteiger partial charge is 0.493 e. The fraction of sp³-hybridized carbons (Fsp3) is 0.462. The summed E-state index contributed by atoms with van der Waals surface area (Å²) in [5, 5.41) is 1.43. The van der Waals surface area contributed by atoms with Gasteiger partial charge in [0.15, 0.2) is 0 Å². The molecule has 1 amide bonds. The lowest BCUT2D eigenvalue weighted by atomic mass is 10.1. The quantitative estimate of drug-likeness (QED) is 0.806. The van der Waals surface area contributed by atoms with Crippen LogP contribution in [0.1, 0.15) is 30.1 Å². The molecule has 1 aliphatic rings. The summed E-state index contributed by atoms with van der Waals surface area (Å²) in [4.78, 5) is 17.6. The maximum Gasteiger partial charge on any atom is 0.281 e. The monoisotopic (exact) mass is 235 g/mol. The van der Waals surface area contributed by atoms with Crippen molar-refractivity contribution in [1.29, 1.82) is 0 Å². The molecular formula is C13H17NO3. The third kappa shape index (κ3) is 2.77. The van der Waals surface area contributed by atoms with Crippen molar-refractivity contribution < 1.29 is 14.4 Å². The first-order valence-electron chi connectivity index (χ1n) is 5.99. The predicted octanol–water partition coefficient (Wildman–Crippen LogP) is 2.25. The molecule has 4 nitrogen and oxygen atoms in total. The number of hydroxylamine groups is 2. The Morgan fingerprint density at radius 1 is 1.41 bits per heavy atom. The summed E-state index contributed by atoms with van der Waals surface area (Å²) in [7, 11) is 0. The van der Waals surface area contributed by atoms with Crippen LogP contribution in [0.2, 0.25) is 0 Å². The molecule has 17 heavy (non-hydrogen) atoms. The average molecular weight is 235 g/mol. The van der Waals surface area contributed by atoms with Crippen LogP contribution in [-0.2, 0) is 4.84 Å². The number of nitrogens with zero attached hydrogens (tertiary/aromatic N) is 1. The Morgan fingerprint density at radius 3 is 2.94 bits per heavy atom. The maximum atomic E-state index is 12.2. The normalized spacial score (nSPS) is 15.7. The van der Waals surface area contributed by atoms with Gasteiger partial charge in [-0.25, -0.2) is 5.06 Å². The molecule has 92 valence electrons. The van der Waals surface area contributed by atoms with E-state index >= 15 is 0 Å². The van der Waals surface area contributed by atoms with E-state index in [4.69, 9.17) is 9.57 Å². The van der Waals surface area contributed by atoms with Gasteiger partial charge in [-0.3, -0.25) is 9.63 Å². The van der Waals surface area contributed by atoms with E-state index in [-0.39, 0.29) is 5.91 Å². The lowest BCUT2D eigenvalue weighted by molar-refractivity contribution is -0.144. The van der Waals surface area contributed by atoms with Gasteiger partial charge >= 0.3 is 0 Å². The topological polar surface area (TPSA) is 38.8 Å². The van der Waals surface area contributed by atoms with E-state index in [2.05, 4.69) is 0 Å². The van der Waals surface area contributed by atoms with Crippen molar-refractivity contribution in [3.8, 4) is 5.75 Å². The molecule has 0 saturated carbocycles. The molecule has 0 spiro atoms. The zero-order chi connectivity index (χ0) is 12.1. The van der Waals surface area contributed by atoms with Crippen molar-refractivity contribution >= 4 is 5.91 Å². The first kappa shape index (κ1) is 11.9. The molecule has 0 unspecified atom stereocenters. The standard InChI is InChI=1S/C13H17NO3/c1-2-16-12-8-4-3-7-11(12)13(15)14-9-5-6-10-17-14/h3-4,7-8H,2,5-6,9-10H2,1H3. The Bertz CT molecular complexity index is 386. The second-order valence-electron chi connectivity index (χ2n) is 3.88. The lowest BCUT2D eigenvalue weighted by Gasteiger charge is -2.26. The Hall–Kier alpha value is -1.55. The molecule has 0 N–H and O–H groups in total. The molecule has 4 heteroatoms. The lowest BCUT2D eigenvalue weighted by Crippen LogP contribution is -2.35. The van der Waals surface area contributed by atoms with Crippen molar-refractivity contribution in [3.05, 3.63) is 29.8 Å². The smallest absolute Gasteiger partial charge is 0.281 e. The molecule has 0 aromatic heterocycles. The van der Waals surface area contributed by atoms with Crippen LogP contribution >= 0.6 is 0 Å². The number of hydrogen-bond acceptors (Lipinski definition) is 3. The molecule has 1 aromatic rings. The van der Waals surface area contributed by atoms with E-state index in [9.17, 15) is 4.79 Å². The van der Waals surface area contributed by atoms with Crippen molar-refractivity contribution in [2.24, 2.45) is 0 Å². The van der Waals surface area contributed by atoms with Crippen LogP contribution in [0.15, 0.2) is 24.3 Å². The highest BCUT2D eigenvalue weighted by Crippen LogP contribution is 2.21. The Balaban J connectivity index is 2.17. The molecular weight excluding hydrogens is 218 g/mol. The number of benzene rings is 1. The summed E-state index contributed by atoms with van der Waals surface area (Å²) in [6, 6.07) is 7.27. The average Bonchev–Trinajstić information content (AvgIpc) is 2.40. The summed E-state index contributed by atoms with van der Waals surface area (Å²) < 4.78 is 5.45. The molecule has 0 atom stereocenters. The molecule has 1 heterocycles. The minimum absolute atomic E-state index is 0.117. The van der Waals surface area contributed by atoms with Crippen LogP contribution in [0.25, 0.3) is 0 Å². The second kappa shape index (κ2) is 5.68. The van der Waals surface area contributed by atoms with Crippen LogP contribution in [0.4, 0.5) is 0 Å². The number of carbonyl (C=O) groups excluding carboxylic acids is 1. The Labute approximate surface area is 101 Å². The molecule has 1 saturated heterocycles. The number of rotatable bonds is 3. The summed E-state index contributed by atoms with van der Waals surface area (Å²) in [6.07, 6.45) is 2.00. The molecule has 0 aliphatic carbocycles. The third-order valence-electron chi connectivity index (χ3n) is 2.65. The maximum absolute atomic E-state index is 12.2. The van der Waals surface area contributed by atoms with Gasteiger partial charge in [0.25, 0.3) is 5.91 Å². The summed E-state index contributed by atoms with van der Waals surface area (Å²) in [5.74, 6) is 0.503. The predicted molar refractivity (Wildman–Crippen MR) is 63.8 cm³/mol. The van der Waals surface area contributed by atoms with Gasteiger partial charge in [0.2, 0.25) is 0 Å². The molecule has 1 fully saturated rings. The van der Waals surface area contributed by atoms with E-state index in [1.165, 1.54) is 5.06 Å². The van der Waals surface area contributed by atoms with E-state index in [0.717, 1.165) is 12.8 Å². The molecule has 2 rings (SSSR count). The van der Waals surface area contributed by atoms with Crippen molar-refractivity contribution in [1.82, 2.24) is 5.06 Å². The van der Waals surface area contributed by atoms with E-state index in [1.807, 2.05) is 19.1 Å². The van der Waals surface area contributed by atoms with Gasteiger partial charge in [0, 0.05) is 6.54 Å². The number of para-hydroxylation sites is 1. The van der Waals surface area contributed by atoms with E-state index < -0.39 is 0 Å². The van der Waals surface area contributed by atoms with Crippen LogP contribution in [-0.4, -0.2) is 30.7 Å². The number of hydrogen-bond donors (Lipinski definition) is 0. The molecule has 1 aromatic carbocycles. The van der Waals surface area contributed by atoms with Crippen LogP contribution in [0.5, 0.6) is 5.75 Å². The summed E-state index contributed by atoms with van der Waals surface area (Å²) in [5.41, 5.74) is 0.566. The van der Waals surface area contributed by atoms with Gasteiger partial charge in [0.05, 0.1) is 18.8 Å². The van der Waals surface area contributed by atoms with Gasteiger partial charge in [-0.1, -0.05) is 12.1 Å². The van der Waals surface area contributed by atoms with Gasteiger partial charge in [-0.2, -0.15) is 0 Å². The van der Waals surface area contributed by atoms with Crippen molar-refractivity contribution in [2.45, 2.75) is 19.8 Å². The Morgan fingerprint density at radius 2 is 2.24 bits per heavy atom. The van der Waals surface area contributed by atoms with Gasteiger partial charge in [0.1, 0.15) is 5.75 Å². The fourth-order valence-electron chi connectivity index (χ4n) is 1.82. The summed E-state index contributed by atoms with van der Waals surface area (Å²) in [6.45, 7) is 3.71. The molecule has 1 aliphatic heterocycles. The number of amides is 1. The van der Waals surface area contributed by atoms with Crippen LogP contribution in [0.3, 0.4) is 0 Å². The van der Waals surface area contributed by atoms with Crippen LogP contribution < -0.4 is 4.74 Å². The van der Waals surface area contributed by atoms with Crippen LogP contribution in [0, 0.1) is 0 Å². The minimum Gasteiger partial charge on any atom is -0.493 e. The highest BCUT2D eigenvalue weighted by molar-refractivity contribution is 5.96. The Kier molecular flexibility index (Phi) is 3.98. The number of carbonyl (C=O) groups is 1. The second-order valence-corrected chi connectivity index (χ2v) is 3.88. The van der Waals surface area contributed by atoms with Gasteiger partial charge < -0.3 is 4.74 Å². The summed E-state index contributed by atoms with van der Waals surface area (Å²) >= 11 is 0. The zero-order valence-electron chi connectivity index (χ0n) is 10.0. The highest BCUT2D eigenvalue weighted by atomic mass is 16.7. The van der Waals surface area contributed by atoms with Gasteiger partial charge in [-0.05, 0) is 31.9 Å². The minimum atomic E-state index is -0.117. The fourth-order valence-corrected chi connectivity index (χ4v) is 1.82. The zero-order valence-corrected chi connectivity index (χ0v) is 10.0. The number of ether oxygens (including phenoxy) is 1. The van der Waals surface area contributed by atoms with E-state index in [0.29, 0.717) is 31.1 Å². The molecule has 0 bridgehead atoms. The van der Waals surface area contributed by atoms with Crippen molar-refractivity contribution in [3.63, 3.8) is 0 Å².